The molecule has 1 unspecified atom stereocenters. The highest BCUT2D eigenvalue weighted by atomic mass is 35.5. The van der Waals surface area contributed by atoms with Crippen LogP contribution in [0.5, 0.6) is 5.75 Å². The van der Waals surface area contributed by atoms with E-state index in [0.717, 1.165) is 24.2 Å². The fourth-order valence-electron chi connectivity index (χ4n) is 2.18. The van der Waals surface area contributed by atoms with Crippen molar-refractivity contribution in [2.45, 2.75) is 38.8 Å². The molecule has 1 aliphatic heterocycles. The largest absolute Gasteiger partial charge is 0.492 e. The van der Waals surface area contributed by atoms with Gasteiger partial charge in [-0.15, -0.1) is 0 Å². The summed E-state index contributed by atoms with van der Waals surface area (Å²) in [6, 6.07) is 4.38. The van der Waals surface area contributed by atoms with Gasteiger partial charge in [0.25, 0.3) is 0 Å². The fraction of sp³-hybridized carbons (Fsp3) is 0.538. The summed E-state index contributed by atoms with van der Waals surface area (Å²) in [5, 5.41) is 4.80. The first-order chi connectivity index (χ1) is 8.08. The molecule has 0 radical (unpaired) electrons. The lowest BCUT2D eigenvalue weighted by atomic mass is 10.0. The molecule has 0 saturated carbocycles. The van der Waals surface area contributed by atoms with Crippen molar-refractivity contribution in [3.8, 4) is 5.75 Å². The van der Waals surface area contributed by atoms with Crippen molar-refractivity contribution < 1.29 is 4.74 Å². The number of hydrogen-bond acceptors (Lipinski definition) is 2. The van der Waals surface area contributed by atoms with Crippen molar-refractivity contribution in [3.05, 3.63) is 27.7 Å². The summed E-state index contributed by atoms with van der Waals surface area (Å²) in [5.41, 5.74) is 1.08. The molecule has 2 rings (SSSR count). The standard InChI is InChI=1S/C13H17Cl2NO/c1-8(2)16-12-4-3-5-17-13-10(12)6-9(14)7-11(13)15/h6-8,12,16H,3-5H2,1-2H3. The van der Waals surface area contributed by atoms with E-state index in [1.165, 1.54) is 0 Å². The first-order valence-electron chi connectivity index (χ1n) is 5.95. The molecule has 0 aromatic heterocycles. The summed E-state index contributed by atoms with van der Waals surface area (Å²) >= 11 is 12.3. The quantitative estimate of drug-likeness (QED) is 0.872. The van der Waals surface area contributed by atoms with Crippen molar-refractivity contribution in [3.63, 3.8) is 0 Å². The van der Waals surface area contributed by atoms with E-state index >= 15 is 0 Å². The Balaban J connectivity index is 2.40. The van der Waals surface area contributed by atoms with Gasteiger partial charge in [0.1, 0.15) is 5.75 Å². The zero-order valence-electron chi connectivity index (χ0n) is 10.1. The van der Waals surface area contributed by atoms with Gasteiger partial charge in [0.2, 0.25) is 0 Å². The van der Waals surface area contributed by atoms with Crippen LogP contribution in [0.15, 0.2) is 12.1 Å². The summed E-state index contributed by atoms with van der Waals surface area (Å²) in [6.07, 6.45) is 2.06. The van der Waals surface area contributed by atoms with Gasteiger partial charge in [0, 0.05) is 22.7 Å². The Morgan fingerprint density at radius 2 is 2.12 bits per heavy atom. The number of rotatable bonds is 2. The van der Waals surface area contributed by atoms with E-state index in [-0.39, 0.29) is 6.04 Å². The molecule has 4 heteroatoms. The maximum atomic E-state index is 6.18. The third kappa shape index (κ3) is 3.06. The van der Waals surface area contributed by atoms with Gasteiger partial charge in [0.05, 0.1) is 11.6 Å². The molecular formula is C13H17Cl2NO. The minimum Gasteiger partial charge on any atom is -0.492 e. The van der Waals surface area contributed by atoms with E-state index in [1.807, 2.05) is 6.07 Å². The zero-order chi connectivity index (χ0) is 12.4. The average Bonchev–Trinajstić information content (AvgIpc) is 2.41. The van der Waals surface area contributed by atoms with Crippen LogP contribution < -0.4 is 10.1 Å². The van der Waals surface area contributed by atoms with Gasteiger partial charge in [0.15, 0.2) is 0 Å². The lowest BCUT2D eigenvalue weighted by molar-refractivity contribution is 0.315. The molecule has 17 heavy (non-hydrogen) atoms. The van der Waals surface area contributed by atoms with Gasteiger partial charge in [-0.3, -0.25) is 0 Å². The second-order valence-corrected chi connectivity index (χ2v) is 5.51. The van der Waals surface area contributed by atoms with E-state index in [9.17, 15) is 0 Å². The van der Waals surface area contributed by atoms with Crippen molar-refractivity contribution in [1.29, 1.82) is 0 Å². The molecule has 1 aromatic rings. The molecule has 1 heterocycles. The Kier molecular flexibility index (Phi) is 4.18. The van der Waals surface area contributed by atoms with E-state index in [0.29, 0.717) is 22.7 Å². The van der Waals surface area contributed by atoms with Crippen LogP contribution in [0, 0.1) is 0 Å². The van der Waals surface area contributed by atoms with E-state index < -0.39 is 0 Å². The number of benzene rings is 1. The molecule has 0 spiro atoms. The number of ether oxygens (including phenoxy) is 1. The maximum Gasteiger partial charge on any atom is 0.142 e. The van der Waals surface area contributed by atoms with Crippen molar-refractivity contribution in [2.75, 3.05) is 6.61 Å². The van der Waals surface area contributed by atoms with Crippen LogP contribution in [-0.2, 0) is 0 Å². The van der Waals surface area contributed by atoms with Gasteiger partial charge < -0.3 is 10.1 Å². The fourth-order valence-corrected chi connectivity index (χ4v) is 2.75. The minimum atomic E-state index is 0.267. The molecular weight excluding hydrogens is 257 g/mol. The second kappa shape index (κ2) is 5.47. The zero-order valence-corrected chi connectivity index (χ0v) is 11.6. The van der Waals surface area contributed by atoms with Gasteiger partial charge in [-0.2, -0.15) is 0 Å². The van der Waals surface area contributed by atoms with E-state index in [2.05, 4.69) is 19.2 Å². The number of nitrogens with one attached hydrogen (secondary N) is 1. The third-order valence-corrected chi connectivity index (χ3v) is 3.33. The monoisotopic (exact) mass is 273 g/mol. The number of hydrogen-bond donors (Lipinski definition) is 1. The Hall–Kier alpha value is -0.440. The highest BCUT2D eigenvalue weighted by molar-refractivity contribution is 6.35. The van der Waals surface area contributed by atoms with Gasteiger partial charge in [-0.25, -0.2) is 0 Å². The summed E-state index contributed by atoms with van der Waals surface area (Å²) in [5.74, 6) is 0.784. The lowest BCUT2D eigenvalue weighted by Crippen LogP contribution is -2.27. The molecule has 0 amide bonds. The predicted molar refractivity (Wildman–Crippen MR) is 72.2 cm³/mol. The molecule has 2 nitrogen and oxygen atoms in total. The Morgan fingerprint density at radius 1 is 1.35 bits per heavy atom. The normalized spacial score (nSPS) is 19.7. The van der Waals surface area contributed by atoms with E-state index in [1.54, 1.807) is 6.07 Å². The summed E-state index contributed by atoms with van der Waals surface area (Å²) < 4.78 is 5.72. The molecule has 0 fully saturated rings. The average molecular weight is 274 g/mol. The van der Waals surface area contributed by atoms with Crippen LogP contribution in [0.1, 0.15) is 38.3 Å². The van der Waals surface area contributed by atoms with Crippen LogP contribution >= 0.6 is 23.2 Å². The second-order valence-electron chi connectivity index (χ2n) is 4.67. The smallest absolute Gasteiger partial charge is 0.142 e. The van der Waals surface area contributed by atoms with Crippen LogP contribution in [-0.4, -0.2) is 12.6 Å². The maximum absolute atomic E-state index is 6.18. The topological polar surface area (TPSA) is 21.3 Å². The Labute approximate surface area is 112 Å². The van der Waals surface area contributed by atoms with E-state index in [4.69, 9.17) is 27.9 Å². The first-order valence-corrected chi connectivity index (χ1v) is 6.71. The molecule has 1 atom stereocenters. The Bertz CT molecular complexity index is 407. The summed E-state index contributed by atoms with van der Waals surface area (Å²) in [4.78, 5) is 0. The SMILES string of the molecule is CC(C)NC1CCCOc2c(Cl)cc(Cl)cc21. The molecule has 0 aliphatic carbocycles. The molecule has 94 valence electrons. The van der Waals surface area contributed by atoms with Crippen LogP contribution in [0.25, 0.3) is 0 Å². The molecule has 1 N–H and O–H groups in total. The van der Waals surface area contributed by atoms with Crippen molar-refractivity contribution >= 4 is 23.2 Å². The number of halogens is 2. The lowest BCUT2D eigenvalue weighted by Gasteiger charge is -2.21. The molecule has 0 bridgehead atoms. The minimum absolute atomic E-state index is 0.267. The predicted octanol–water partition coefficient (Wildman–Crippen LogP) is 4.21. The highest BCUT2D eigenvalue weighted by Gasteiger charge is 2.22. The van der Waals surface area contributed by atoms with Gasteiger partial charge >= 0.3 is 0 Å². The third-order valence-electron chi connectivity index (χ3n) is 2.83. The molecule has 0 saturated heterocycles. The number of fused-ring (bicyclic) bond motifs is 1. The first kappa shape index (κ1) is 13.0. The summed E-state index contributed by atoms with van der Waals surface area (Å²) in [6.45, 7) is 4.99. The molecule has 1 aliphatic rings. The molecule has 1 aromatic carbocycles. The summed E-state index contributed by atoms with van der Waals surface area (Å²) in [7, 11) is 0. The highest BCUT2D eigenvalue weighted by Crippen LogP contribution is 2.39. The van der Waals surface area contributed by atoms with Gasteiger partial charge in [-0.05, 0) is 25.0 Å². The van der Waals surface area contributed by atoms with Crippen LogP contribution in [0.2, 0.25) is 10.0 Å². The Morgan fingerprint density at radius 3 is 2.82 bits per heavy atom. The van der Waals surface area contributed by atoms with Crippen molar-refractivity contribution in [2.24, 2.45) is 0 Å². The van der Waals surface area contributed by atoms with Crippen LogP contribution in [0.4, 0.5) is 0 Å². The van der Waals surface area contributed by atoms with Gasteiger partial charge in [-0.1, -0.05) is 37.0 Å². The van der Waals surface area contributed by atoms with Crippen molar-refractivity contribution in [1.82, 2.24) is 5.32 Å². The van der Waals surface area contributed by atoms with Crippen LogP contribution in [0.3, 0.4) is 0 Å².